The molecule has 0 amide bonds. The number of benzene rings is 1. The Bertz CT molecular complexity index is 558. The van der Waals surface area contributed by atoms with E-state index in [9.17, 15) is 5.11 Å². The van der Waals surface area contributed by atoms with E-state index in [1.807, 2.05) is 31.2 Å². The van der Waals surface area contributed by atoms with Gasteiger partial charge in [0.1, 0.15) is 0 Å². The van der Waals surface area contributed by atoms with Crippen LogP contribution in [0, 0.1) is 6.92 Å². The molecule has 0 aliphatic carbocycles. The van der Waals surface area contributed by atoms with Crippen LogP contribution in [-0.4, -0.2) is 14.9 Å². The Kier molecular flexibility index (Phi) is 4.25. The van der Waals surface area contributed by atoms with Gasteiger partial charge >= 0.3 is 0 Å². The first-order valence-electron chi connectivity index (χ1n) is 7.04. The molecule has 2 rings (SSSR count). The van der Waals surface area contributed by atoms with Gasteiger partial charge in [-0.05, 0) is 43.9 Å². The summed E-state index contributed by atoms with van der Waals surface area (Å²) in [6.07, 6.45) is 4.00. The Morgan fingerprint density at radius 2 is 2.05 bits per heavy atom. The Morgan fingerprint density at radius 1 is 1.26 bits per heavy atom. The van der Waals surface area contributed by atoms with Crippen LogP contribution in [0.3, 0.4) is 0 Å². The molecule has 0 fully saturated rings. The lowest BCUT2D eigenvalue weighted by atomic mass is 10.1. The first kappa shape index (κ1) is 13.7. The molecule has 102 valence electrons. The summed E-state index contributed by atoms with van der Waals surface area (Å²) in [6, 6.07) is 8.05. The second-order valence-corrected chi connectivity index (χ2v) is 4.96. The van der Waals surface area contributed by atoms with Crippen molar-refractivity contribution in [2.24, 2.45) is 0 Å². The van der Waals surface area contributed by atoms with E-state index in [-0.39, 0.29) is 0 Å². The average Bonchev–Trinajstić information content (AvgIpc) is 2.72. The minimum Gasteiger partial charge on any atom is -0.493 e. The predicted octanol–water partition coefficient (Wildman–Crippen LogP) is 3.79. The lowest BCUT2D eigenvalue weighted by Crippen LogP contribution is -1.97. The summed E-state index contributed by atoms with van der Waals surface area (Å²) in [5, 5.41) is 14.9. The van der Waals surface area contributed by atoms with Gasteiger partial charge in [0, 0.05) is 5.56 Å². The molecule has 0 radical (unpaired) electrons. The molecule has 0 aliphatic heterocycles. The summed E-state index contributed by atoms with van der Waals surface area (Å²) < 4.78 is 1.66. The first-order valence-corrected chi connectivity index (χ1v) is 7.04. The van der Waals surface area contributed by atoms with Gasteiger partial charge < -0.3 is 5.11 Å². The van der Waals surface area contributed by atoms with E-state index in [0.717, 1.165) is 42.6 Å². The van der Waals surface area contributed by atoms with Gasteiger partial charge in [-0.15, -0.1) is 0 Å². The second kappa shape index (κ2) is 5.91. The number of hydrogen-bond donors (Lipinski definition) is 1. The zero-order valence-electron chi connectivity index (χ0n) is 12.0. The van der Waals surface area contributed by atoms with E-state index >= 15 is 0 Å². The minimum absolute atomic E-state index is 0.291. The van der Waals surface area contributed by atoms with E-state index in [2.05, 4.69) is 18.9 Å². The van der Waals surface area contributed by atoms with Crippen LogP contribution in [0.25, 0.3) is 5.69 Å². The molecule has 0 saturated carbocycles. The van der Waals surface area contributed by atoms with E-state index in [0.29, 0.717) is 5.88 Å². The van der Waals surface area contributed by atoms with Crippen LogP contribution < -0.4 is 0 Å². The smallest absolute Gasteiger partial charge is 0.217 e. The highest BCUT2D eigenvalue weighted by atomic mass is 16.3. The summed E-state index contributed by atoms with van der Waals surface area (Å²) in [6.45, 7) is 6.28. The molecule has 19 heavy (non-hydrogen) atoms. The van der Waals surface area contributed by atoms with Crippen LogP contribution in [0.15, 0.2) is 24.3 Å². The third-order valence-corrected chi connectivity index (χ3v) is 3.41. The molecule has 1 aromatic heterocycles. The zero-order valence-corrected chi connectivity index (χ0v) is 12.0. The number of hydrogen-bond acceptors (Lipinski definition) is 2. The third kappa shape index (κ3) is 2.80. The molecule has 0 bridgehead atoms. The van der Waals surface area contributed by atoms with Gasteiger partial charge in [0.05, 0.1) is 11.4 Å². The molecule has 2 aromatic rings. The van der Waals surface area contributed by atoms with Gasteiger partial charge in [0.25, 0.3) is 0 Å². The Morgan fingerprint density at radius 3 is 2.68 bits per heavy atom. The summed E-state index contributed by atoms with van der Waals surface area (Å²) in [5.74, 6) is 0.291. The molecule has 1 aromatic carbocycles. The average molecular weight is 258 g/mol. The fraction of sp³-hybridized carbons (Fsp3) is 0.438. The lowest BCUT2D eigenvalue weighted by molar-refractivity contribution is 0.428. The normalized spacial score (nSPS) is 10.9. The Hall–Kier alpha value is -1.77. The molecule has 0 unspecified atom stereocenters. The van der Waals surface area contributed by atoms with Crippen molar-refractivity contribution in [2.75, 3.05) is 0 Å². The topological polar surface area (TPSA) is 38.0 Å². The Labute approximate surface area is 114 Å². The van der Waals surface area contributed by atoms with Crippen LogP contribution >= 0.6 is 0 Å². The van der Waals surface area contributed by atoms with Gasteiger partial charge in [0.2, 0.25) is 5.88 Å². The van der Waals surface area contributed by atoms with Crippen molar-refractivity contribution in [3.63, 3.8) is 0 Å². The second-order valence-electron chi connectivity index (χ2n) is 4.96. The van der Waals surface area contributed by atoms with Crippen LogP contribution in [0.1, 0.15) is 43.5 Å². The van der Waals surface area contributed by atoms with Gasteiger partial charge in [-0.3, -0.25) is 0 Å². The number of unbranched alkanes of at least 4 members (excludes halogenated alkanes) is 1. The zero-order chi connectivity index (χ0) is 13.8. The lowest BCUT2D eigenvalue weighted by Gasteiger charge is -2.04. The maximum absolute atomic E-state index is 10.4. The van der Waals surface area contributed by atoms with Crippen molar-refractivity contribution in [3.8, 4) is 11.6 Å². The Balaban J connectivity index is 2.43. The van der Waals surface area contributed by atoms with Crippen LogP contribution in [0.4, 0.5) is 0 Å². The third-order valence-electron chi connectivity index (χ3n) is 3.41. The summed E-state index contributed by atoms with van der Waals surface area (Å²) in [4.78, 5) is 0. The molecule has 3 nitrogen and oxygen atoms in total. The number of aromatic hydroxyl groups is 1. The van der Waals surface area contributed by atoms with Crippen molar-refractivity contribution in [2.45, 2.75) is 46.5 Å². The van der Waals surface area contributed by atoms with E-state index in [4.69, 9.17) is 0 Å². The molecule has 0 saturated heterocycles. The fourth-order valence-corrected chi connectivity index (χ4v) is 2.33. The highest BCUT2D eigenvalue weighted by molar-refractivity contribution is 5.42. The molecular formula is C16H22N2O. The molecule has 1 N–H and O–H groups in total. The first-order chi connectivity index (χ1) is 9.17. The molecule has 0 spiro atoms. The number of aromatic nitrogens is 2. The summed E-state index contributed by atoms with van der Waals surface area (Å²) >= 11 is 0. The van der Waals surface area contributed by atoms with Crippen molar-refractivity contribution >= 4 is 0 Å². The van der Waals surface area contributed by atoms with Crippen molar-refractivity contribution < 1.29 is 5.11 Å². The van der Waals surface area contributed by atoms with Crippen LogP contribution in [0.2, 0.25) is 0 Å². The van der Waals surface area contributed by atoms with E-state index < -0.39 is 0 Å². The van der Waals surface area contributed by atoms with Gasteiger partial charge in [-0.25, -0.2) is 4.68 Å². The molecule has 0 aliphatic rings. The monoisotopic (exact) mass is 258 g/mol. The van der Waals surface area contributed by atoms with Crippen molar-refractivity contribution in [3.05, 3.63) is 41.1 Å². The van der Waals surface area contributed by atoms with E-state index in [1.165, 1.54) is 5.56 Å². The minimum atomic E-state index is 0.291. The predicted molar refractivity (Wildman–Crippen MR) is 78.0 cm³/mol. The van der Waals surface area contributed by atoms with Crippen LogP contribution in [0.5, 0.6) is 5.88 Å². The standard InChI is InChI=1S/C16H22N2O/c1-4-6-10-15-14(5-2)16(19)18(17-15)13-9-7-8-12(3)11-13/h7-9,11,19H,4-6,10H2,1-3H3. The highest BCUT2D eigenvalue weighted by Crippen LogP contribution is 2.26. The van der Waals surface area contributed by atoms with Crippen molar-refractivity contribution in [1.29, 1.82) is 0 Å². The molecule has 1 heterocycles. The number of nitrogens with zero attached hydrogens (tertiary/aromatic N) is 2. The highest BCUT2D eigenvalue weighted by Gasteiger charge is 2.16. The van der Waals surface area contributed by atoms with Gasteiger partial charge in [-0.1, -0.05) is 32.4 Å². The van der Waals surface area contributed by atoms with Gasteiger partial charge in [-0.2, -0.15) is 5.10 Å². The number of aryl methyl sites for hydroxylation is 2. The summed E-state index contributed by atoms with van der Waals surface area (Å²) in [7, 11) is 0. The summed E-state index contributed by atoms with van der Waals surface area (Å²) in [5.41, 5.74) is 4.11. The molecular weight excluding hydrogens is 236 g/mol. The van der Waals surface area contributed by atoms with Crippen molar-refractivity contribution in [1.82, 2.24) is 9.78 Å². The van der Waals surface area contributed by atoms with E-state index in [1.54, 1.807) is 4.68 Å². The molecule has 3 heteroatoms. The van der Waals surface area contributed by atoms with Crippen LogP contribution in [-0.2, 0) is 12.8 Å². The maximum Gasteiger partial charge on any atom is 0.217 e. The fourth-order valence-electron chi connectivity index (χ4n) is 2.33. The molecule has 0 atom stereocenters. The maximum atomic E-state index is 10.4. The number of rotatable bonds is 5. The quantitative estimate of drug-likeness (QED) is 0.886. The SMILES string of the molecule is CCCCc1nn(-c2cccc(C)c2)c(O)c1CC. The van der Waals surface area contributed by atoms with Gasteiger partial charge in [0.15, 0.2) is 0 Å². The largest absolute Gasteiger partial charge is 0.493 e.